The van der Waals surface area contributed by atoms with Gasteiger partial charge in [0.2, 0.25) is 0 Å². The average molecular weight is 557 g/mol. The molecule has 0 radical (unpaired) electrons. The summed E-state index contributed by atoms with van der Waals surface area (Å²) in [7, 11) is -1.35. The van der Waals surface area contributed by atoms with Gasteiger partial charge in [-0.25, -0.2) is 8.42 Å². The first-order chi connectivity index (χ1) is 14.4. The molecule has 0 unspecified atom stereocenters. The Morgan fingerprint density at radius 3 is 2.26 bits per heavy atom. The zero-order valence-electron chi connectivity index (χ0n) is 18.3. The highest BCUT2D eigenvalue weighted by atomic mass is 127. The molecule has 0 aliphatic carbocycles. The minimum absolute atomic E-state index is 0. The number of rotatable bonds is 7. The Morgan fingerprint density at radius 2 is 1.68 bits per heavy atom. The minimum atomic E-state index is -3.14. The molecule has 1 fully saturated rings. The van der Waals surface area contributed by atoms with Crippen LogP contribution in [-0.4, -0.2) is 58.3 Å². The summed E-state index contributed by atoms with van der Waals surface area (Å²) in [6.07, 6.45) is 4.23. The van der Waals surface area contributed by atoms with Crippen molar-refractivity contribution in [1.29, 1.82) is 0 Å². The monoisotopic (exact) mass is 556 g/mol. The maximum Gasteiger partial charge on any atom is 0.191 e. The molecular weight excluding hydrogens is 523 g/mol. The average Bonchev–Trinajstić information content (AvgIpc) is 2.75. The fraction of sp³-hybridized carbons (Fsp3) is 0.435. The summed E-state index contributed by atoms with van der Waals surface area (Å²) < 4.78 is 23.1. The van der Waals surface area contributed by atoms with Crippen molar-refractivity contribution in [2.75, 3.05) is 32.9 Å². The highest BCUT2D eigenvalue weighted by molar-refractivity contribution is 14.0. The number of piperidine rings is 1. The molecule has 0 saturated carbocycles. The van der Waals surface area contributed by atoms with Crippen LogP contribution in [0.15, 0.2) is 64.5 Å². The van der Waals surface area contributed by atoms with E-state index in [1.807, 2.05) is 12.1 Å². The molecule has 1 aliphatic rings. The topological polar surface area (TPSA) is 73.8 Å². The van der Waals surface area contributed by atoms with E-state index in [1.165, 1.54) is 11.8 Å². The molecule has 3 rings (SSSR count). The molecule has 0 aromatic heterocycles. The Morgan fingerprint density at radius 1 is 1.03 bits per heavy atom. The van der Waals surface area contributed by atoms with Crippen LogP contribution in [0.2, 0.25) is 0 Å². The number of likely N-dealkylation sites (tertiary alicyclic amines) is 1. The second kappa shape index (κ2) is 12.4. The van der Waals surface area contributed by atoms with Crippen LogP contribution < -0.4 is 10.6 Å². The van der Waals surface area contributed by atoms with Gasteiger partial charge in [0.05, 0.1) is 4.90 Å². The lowest BCUT2D eigenvalue weighted by molar-refractivity contribution is 0.198. The zero-order valence-corrected chi connectivity index (χ0v) is 21.4. The van der Waals surface area contributed by atoms with Crippen LogP contribution in [0.4, 0.5) is 0 Å². The van der Waals surface area contributed by atoms with Crippen molar-refractivity contribution in [2.24, 2.45) is 4.99 Å². The molecule has 2 aromatic carbocycles. The SMILES string of the molecule is CN=C(NCCc1ccc(S(C)(=O)=O)cc1)NC1CCN(Cc2ccccc2)CC1.I. The standard InChI is InChI=1S/C23H32N4O2S.HI/c1-24-23(25-15-12-19-8-10-22(11-9-19)30(2,28)29)26-21-13-16-27(17-14-21)18-20-6-4-3-5-7-20;/h3-11,21H,12-18H2,1-2H3,(H2,24,25,26);1H. The maximum atomic E-state index is 11.5. The molecule has 0 amide bonds. The van der Waals surface area contributed by atoms with Crippen molar-refractivity contribution in [1.82, 2.24) is 15.5 Å². The number of sulfone groups is 1. The molecule has 170 valence electrons. The first-order valence-corrected chi connectivity index (χ1v) is 12.4. The van der Waals surface area contributed by atoms with Gasteiger partial charge in [0.15, 0.2) is 15.8 Å². The van der Waals surface area contributed by atoms with Gasteiger partial charge < -0.3 is 10.6 Å². The van der Waals surface area contributed by atoms with Gasteiger partial charge in [-0.15, -0.1) is 24.0 Å². The summed E-state index contributed by atoms with van der Waals surface area (Å²) in [5.74, 6) is 0.823. The van der Waals surface area contributed by atoms with Crippen LogP contribution in [0, 0.1) is 0 Å². The van der Waals surface area contributed by atoms with E-state index in [0.717, 1.165) is 57.0 Å². The van der Waals surface area contributed by atoms with Crippen molar-refractivity contribution in [2.45, 2.75) is 36.7 Å². The Kier molecular flexibility index (Phi) is 10.2. The van der Waals surface area contributed by atoms with Crippen molar-refractivity contribution >= 4 is 39.8 Å². The van der Waals surface area contributed by atoms with E-state index in [9.17, 15) is 8.42 Å². The Balaban J connectivity index is 0.00000341. The molecule has 1 saturated heterocycles. The summed E-state index contributed by atoms with van der Waals surface area (Å²) in [4.78, 5) is 7.21. The van der Waals surface area contributed by atoms with Crippen LogP contribution in [0.25, 0.3) is 0 Å². The van der Waals surface area contributed by atoms with Crippen molar-refractivity contribution in [3.63, 3.8) is 0 Å². The van der Waals surface area contributed by atoms with Crippen LogP contribution >= 0.6 is 24.0 Å². The minimum Gasteiger partial charge on any atom is -0.356 e. The molecule has 1 heterocycles. The Labute approximate surface area is 203 Å². The van der Waals surface area contributed by atoms with Gasteiger partial charge >= 0.3 is 0 Å². The van der Waals surface area contributed by atoms with Gasteiger partial charge in [-0.2, -0.15) is 0 Å². The van der Waals surface area contributed by atoms with E-state index in [4.69, 9.17) is 0 Å². The van der Waals surface area contributed by atoms with Gasteiger partial charge in [0, 0.05) is 45.5 Å². The van der Waals surface area contributed by atoms with E-state index in [2.05, 4.69) is 50.9 Å². The van der Waals surface area contributed by atoms with Gasteiger partial charge in [-0.3, -0.25) is 9.89 Å². The lowest BCUT2D eigenvalue weighted by Crippen LogP contribution is -2.48. The third kappa shape index (κ3) is 8.42. The molecular formula is C23H33IN4O2S. The van der Waals surface area contributed by atoms with E-state index >= 15 is 0 Å². The highest BCUT2D eigenvalue weighted by Crippen LogP contribution is 2.14. The van der Waals surface area contributed by atoms with E-state index in [0.29, 0.717) is 10.9 Å². The number of aliphatic imine (C=N–C) groups is 1. The van der Waals surface area contributed by atoms with Gasteiger partial charge in [-0.1, -0.05) is 42.5 Å². The largest absolute Gasteiger partial charge is 0.356 e. The lowest BCUT2D eigenvalue weighted by Gasteiger charge is -2.33. The van der Waals surface area contributed by atoms with Crippen molar-refractivity contribution in [3.8, 4) is 0 Å². The molecule has 1 aliphatic heterocycles. The first kappa shape index (κ1) is 25.6. The molecule has 2 aromatic rings. The van der Waals surface area contributed by atoms with E-state index in [-0.39, 0.29) is 24.0 Å². The summed E-state index contributed by atoms with van der Waals surface area (Å²) in [5.41, 5.74) is 2.46. The van der Waals surface area contributed by atoms with Crippen molar-refractivity contribution in [3.05, 3.63) is 65.7 Å². The second-order valence-corrected chi connectivity index (χ2v) is 9.86. The normalized spacial score (nSPS) is 15.9. The molecule has 0 bridgehead atoms. The molecule has 6 nitrogen and oxygen atoms in total. The summed E-state index contributed by atoms with van der Waals surface area (Å²) in [6, 6.07) is 18.1. The quantitative estimate of drug-likeness (QED) is 0.312. The predicted octanol–water partition coefficient (Wildman–Crippen LogP) is 3.08. The van der Waals surface area contributed by atoms with E-state index in [1.54, 1.807) is 19.2 Å². The Hall–Kier alpha value is -1.65. The molecule has 0 atom stereocenters. The molecule has 8 heteroatoms. The van der Waals surface area contributed by atoms with Gasteiger partial charge in [0.25, 0.3) is 0 Å². The third-order valence-electron chi connectivity index (χ3n) is 5.46. The van der Waals surface area contributed by atoms with Gasteiger partial charge in [-0.05, 0) is 42.5 Å². The van der Waals surface area contributed by atoms with Crippen LogP contribution in [0.1, 0.15) is 24.0 Å². The van der Waals surface area contributed by atoms with Crippen LogP contribution in [0.5, 0.6) is 0 Å². The number of nitrogens with zero attached hydrogens (tertiary/aromatic N) is 2. The lowest BCUT2D eigenvalue weighted by atomic mass is 10.0. The predicted molar refractivity (Wildman–Crippen MR) is 138 cm³/mol. The third-order valence-corrected chi connectivity index (χ3v) is 6.59. The first-order valence-electron chi connectivity index (χ1n) is 10.5. The van der Waals surface area contributed by atoms with Crippen LogP contribution in [0.3, 0.4) is 0 Å². The maximum absolute atomic E-state index is 11.5. The number of guanidine groups is 1. The number of hydrogen-bond donors (Lipinski definition) is 2. The fourth-order valence-electron chi connectivity index (χ4n) is 3.69. The zero-order chi connectivity index (χ0) is 21.4. The summed E-state index contributed by atoms with van der Waals surface area (Å²) in [5, 5.41) is 6.91. The number of hydrogen-bond acceptors (Lipinski definition) is 4. The van der Waals surface area contributed by atoms with Crippen molar-refractivity contribution < 1.29 is 8.42 Å². The number of halogens is 1. The summed E-state index contributed by atoms with van der Waals surface area (Å²) in [6.45, 7) is 3.91. The Bertz CT molecular complexity index is 926. The highest BCUT2D eigenvalue weighted by Gasteiger charge is 2.20. The van der Waals surface area contributed by atoms with Gasteiger partial charge in [0.1, 0.15) is 0 Å². The molecule has 0 spiro atoms. The smallest absolute Gasteiger partial charge is 0.191 e. The number of benzene rings is 2. The summed E-state index contributed by atoms with van der Waals surface area (Å²) >= 11 is 0. The molecule has 2 N–H and O–H groups in total. The number of nitrogens with one attached hydrogen (secondary N) is 2. The second-order valence-electron chi connectivity index (χ2n) is 7.85. The van der Waals surface area contributed by atoms with Crippen LogP contribution in [-0.2, 0) is 22.8 Å². The van der Waals surface area contributed by atoms with E-state index < -0.39 is 9.84 Å². The molecule has 31 heavy (non-hydrogen) atoms. The fourth-order valence-corrected chi connectivity index (χ4v) is 4.32.